The molecule has 12 heteroatoms. The monoisotopic (exact) mass is 553 g/mol. The lowest BCUT2D eigenvalue weighted by atomic mass is 10.1. The fourth-order valence-corrected chi connectivity index (χ4v) is 5.18. The van der Waals surface area contributed by atoms with Crippen molar-refractivity contribution in [1.82, 2.24) is 14.5 Å². The SMILES string of the molecule is COC(=O)c1cc2c(cc1C)nc([S@+]([O-])Cc1nccc(OC)c1OC)n2COC(=O)[C@H](O)c1ccccc1. The third-order valence-corrected chi connectivity index (χ3v) is 7.23. The van der Waals surface area contributed by atoms with E-state index in [9.17, 15) is 19.2 Å². The van der Waals surface area contributed by atoms with E-state index in [1.54, 1.807) is 49.4 Å². The normalized spacial score (nSPS) is 12.6. The molecule has 0 aliphatic rings. The van der Waals surface area contributed by atoms with E-state index < -0.39 is 35.9 Å². The molecule has 204 valence electrons. The number of aryl methyl sites for hydroxylation is 1. The number of pyridine rings is 1. The number of nitrogens with zero attached hydrogens (tertiary/aromatic N) is 3. The molecule has 4 aromatic rings. The van der Waals surface area contributed by atoms with Gasteiger partial charge in [0.15, 0.2) is 30.1 Å². The molecule has 4 rings (SSSR count). The third-order valence-electron chi connectivity index (χ3n) is 5.98. The molecule has 2 heterocycles. The molecule has 0 unspecified atom stereocenters. The number of imidazole rings is 1. The van der Waals surface area contributed by atoms with Gasteiger partial charge in [-0.2, -0.15) is 4.98 Å². The van der Waals surface area contributed by atoms with Crippen molar-refractivity contribution in [3.05, 3.63) is 77.1 Å². The van der Waals surface area contributed by atoms with Crippen molar-refractivity contribution in [2.75, 3.05) is 21.3 Å². The average Bonchev–Trinajstić information content (AvgIpc) is 3.31. The molecule has 0 saturated carbocycles. The summed E-state index contributed by atoms with van der Waals surface area (Å²) in [5, 5.41) is 10.5. The van der Waals surface area contributed by atoms with Crippen LogP contribution in [0.2, 0.25) is 0 Å². The van der Waals surface area contributed by atoms with Gasteiger partial charge in [0, 0.05) is 23.4 Å². The predicted molar refractivity (Wildman–Crippen MR) is 141 cm³/mol. The van der Waals surface area contributed by atoms with Gasteiger partial charge in [-0.1, -0.05) is 30.3 Å². The lowest BCUT2D eigenvalue weighted by molar-refractivity contribution is -0.158. The first-order valence-corrected chi connectivity index (χ1v) is 13.0. The van der Waals surface area contributed by atoms with Crippen molar-refractivity contribution in [3.63, 3.8) is 0 Å². The Bertz CT molecular complexity index is 1490. The topological polar surface area (TPSA) is 145 Å². The number of methoxy groups -OCH3 is 3. The molecule has 11 nitrogen and oxygen atoms in total. The Labute approximate surface area is 227 Å². The van der Waals surface area contributed by atoms with E-state index in [2.05, 4.69) is 9.97 Å². The number of esters is 2. The van der Waals surface area contributed by atoms with Crippen LogP contribution in [0, 0.1) is 6.92 Å². The van der Waals surface area contributed by atoms with Crippen LogP contribution in [0.15, 0.2) is 59.9 Å². The van der Waals surface area contributed by atoms with Crippen LogP contribution in [0.25, 0.3) is 11.0 Å². The van der Waals surface area contributed by atoms with Gasteiger partial charge in [-0.15, -0.1) is 0 Å². The molecule has 0 radical (unpaired) electrons. The number of hydrogen-bond donors (Lipinski definition) is 1. The van der Waals surface area contributed by atoms with E-state index in [4.69, 9.17) is 18.9 Å². The molecule has 0 aliphatic carbocycles. The summed E-state index contributed by atoms with van der Waals surface area (Å²) in [6.45, 7) is 1.30. The van der Waals surface area contributed by atoms with Crippen LogP contribution < -0.4 is 9.47 Å². The summed E-state index contributed by atoms with van der Waals surface area (Å²) >= 11 is -1.80. The molecular weight excluding hydrogens is 526 g/mol. The highest BCUT2D eigenvalue weighted by molar-refractivity contribution is 7.90. The van der Waals surface area contributed by atoms with Gasteiger partial charge in [-0.05, 0) is 30.2 Å². The van der Waals surface area contributed by atoms with Gasteiger partial charge in [-0.3, -0.25) is 4.98 Å². The number of aliphatic hydroxyl groups excluding tert-OH is 1. The second-order valence-electron chi connectivity index (χ2n) is 8.36. The van der Waals surface area contributed by atoms with Crippen molar-refractivity contribution in [2.45, 2.75) is 30.7 Å². The first-order chi connectivity index (χ1) is 18.8. The summed E-state index contributed by atoms with van der Waals surface area (Å²) in [6, 6.07) is 13.1. The summed E-state index contributed by atoms with van der Waals surface area (Å²) in [4.78, 5) is 33.8. The average molecular weight is 554 g/mol. The predicted octanol–water partition coefficient (Wildman–Crippen LogP) is 3.09. The number of fused-ring (bicyclic) bond motifs is 1. The smallest absolute Gasteiger partial charge is 0.341 e. The number of carbonyl (C=O) groups is 2. The van der Waals surface area contributed by atoms with Gasteiger partial charge in [-0.25, -0.2) is 14.2 Å². The Morgan fingerprint density at radius 1 is 1.10 bits per heavy atom. The maximum Gasteiger partial charge on any atom is 0.341 e. The van der Waals surface area contributed by atoms with Crippen LogP contribution >= 0.6 is 0 Å². The highest BCUT2D eigenvalue weighted by Crippen LogP contribution is 2.32. The molecule has 0 aliphatic heterocycles. The first kappa shape index (κ1) is 27.9. The quantitative estimate of drug-likeness (QED) is 0.230. The Balaban J connectivity index is 1.72. The minimum Gasteiger partial charge on any atom is -0.609 e. The number of rotatable bonds is 10. The fourth-order valence-electron chi connectivity index (χ4n) is 4.00. The van der Waals surface area contributed by atoms with E-state index in [-0.39, 0.29) is 16.5 Å². The summed E-state index contributed by atoms with van der Waals surface area (Å²) < 4.78 is 36.1. The zero-order valence-electron chi connectivity index (χ0n) is 21.7. The highest BCUT2D eigenvalue weighted by Gasteiger charge is 2.28. The summed E-state index contributed by atoms with van der Waals surface area (Å²) in [5.74, 6) is -0.803. The van der Waals surface area contributed by atoms with Crippen LogP contribution in [0.4, 0.5) is 0 Å². The zero-order chi connectivity index (χ0) is 28.1. The molecular formula is C27H27N3O8S. The second-order valence-corrected chi connectivity index (χ2v) is 9.70. The van der Waals surface area contributed by atoms with Gasteiger partial charge in [0.25, 0.3) is 0 Å². The molecule has 2 aromatic heterocycles. The molecule has 2 aromatic carbocycles. The molecule has 0 saturated heterocycles. The number of aliphatic hydroxyl groups is 1. The number of benzene rings is 2. The van der Waals surface area contributed by atoms with Crippen LogP contribution in [0.1, 0.15) is 33.3 Å². The first-order valence-electron chi connectivity index (χ1n) is 11.7. The minimum absolute atomic E-state index is 0.0695. The van der Waals surface area contributed by atoms with Crippen LogP contribution in [-0.2, 0) is 37.9 Å². The van der Waals surface area contributed by atoms with Gasteiger partial charge >= 0.3 is 17.1 Å². The van der Waals surface area contributed by atoms with Crippen LogP contribution in [0.3, 0.4) is 0 Å². The number of ether oxygens (including phenoxy) is 4. The van der Waals surface area contributed by atoms with Gasteiger partial charge in [0.1, 0.15) is 5.69 Å². The molecule has 39 heavy (non-hydrogen) atoms. The van der Waals surface area contributed by atoms with Gasteiger partial charge < -0.3 is 28.6 Å². The number of aromatic nitrogens is 3. The fraction of sp³-hybridized carbons (Fsp3) is 0.259. The standard InChI is InChI=1S/C27H27N3O8S/c1-16-12-19-21(13-18(16)25(32)37-4)30(15-38-26(33)23(31)17-8-6-5-7-9-17)27(29-19)39(34)14-20-24(36-3)22(35-2)10-11-28-20/h5-13,23,31H,14-15H2,1-4H3/t23-,39-/m1/s1. The maximum absolute atomic E-state index is 13.6. The highest BCUT2D eigenvalue weighted by atomic mass is 32.2. The van der Waals surface area contributed by atoms with Crippen molar-refractivity contribution in [2.24, 2.45) is 0 Å². The molecule has 0 spiro atoms. The van der Waals surface area contributed by atoms with Gasteiger partial charge in [0.2, 0.25) is 0 Å². The lowest BCUT2D eigenvalue weighted by Crippen LogP contribution is -2.20. The van der Waals surface area contributed by atoms with Crippen LogP contribution in [0.5, 0.6) is 11.5 Å². The van der Waals surface area contributed by atoms with E-state index in [0.29, 0.717) is 39.4 Å². The van der Waals surface area contributed by atoms with E-state index in [0.717, 1.165) is 0 Å². The second kappa shape index (κ2) is 12.2. The molecule has 0 bridgehead atoms. The van der Waals surface area contributed by atoms with Gasteiger partial charge in [0.05, 0.1) is 37.9 Å². The zero-order valence-corrected chi connectivity index (χ0v) is 22.6. The molecule has 2 atom stereocenters. The molecule has 0 amide bonds. The lowest BCUT2D eigenvalue weighted by Gasteiger charge is -2.16. The van der Waals surface area contributed by atoms with Crippen molar-refractivity contribution in [1.29, 1.82) is 0 Å². The molecule has 0 fully saturated rings. The summed E-state index contributed by atoms with van der Waals surface area (Å²) in [7, 11) is 4.21. The van der Waals surface area contributed by atoms with E-state index in [1.807, 2.05) is 0 Å². The Morgan fingerprint density at radius 3 is 2.51 bits per heavy atom. The van der Waals surface area contributed by atoms with Crippen LogP contribution in [-0.4, -0.2) is 57.5 Å². The summed E-state index contributed by atoms with van der Waals surface area (Å²) in [5.41, 5.74) is 2.42. The molecule has 1 N–H and O–H groups in total. The van der Waals surface area contributed by atoms with Crippen molar-refractivity contribution >= 4 is 34.1 Å². The maximum atomic E-state index is 13.6. The van der Waals surface area contributed by atoms with Crippen molar-refractivity contribution in [3.8, 4) is 11.5 Å². The van der Waals surface area contributed by atoms with E-state index >= 15 is 0 Å². The van der Waals surface area contributed by atoms with Crippen molar-refractivity contribution < 1.29 is 38.2 Å². The van der Waals surface area contributed by atoms with E-state index in [1.165, 1.54) is 38.2 Å². The largest absolute Gasteiger partial charge is 0.609 e. The number of hydrogen-bond acceptors (Lipinski definition) is 10. The minimum atomic E-state index is -1.80. The Hall–Kier alpha value is -4.13. The Morgan fingerprint density at radius 2 is 1.85 bits per heavy atom. The number of carbonyl (C=O) groups excluding carboxylic acids is 2. The summed E-state index contributed by atoms with van der Waals surface area (Å²) in [6.07, 6.45) is -0.0108. The Kier molecular flexibility index (Phi) is 8.69. The third kappa shape index (κ3) is 5.82.